The number of nitrogens with zero attached hydrogens (tertiary/aromatic N) is 1. The van der Waals surface area contributed by atoms with Crippen molar-refractivity contribution in [1.82, 2.24) is 10.3 Å². The lowest BCUT2D eigenvalue weighted by atomic mass is 9.93. The average Bonchev–Trinajstić information content (AvgIpc) is 3.81. The van der Waals surface area contributed by atoms with E-state index in [1.165, 1.54) is 11.1 Å². The maximum absolute atomic E-state index is 10.9. The first kappa shape index (κ1) is 24.8. The number of aliphatic carboxylic acids is 1. The molecule has 0 unspecified atom stereocenters. The molecule has 6 heteroatoms. The van der Waals surface area contributed by atoms with Gasteiger partial charge in [-0.25, -0.2) is 0 Å². The molecule has 2 aliphatic rings. The Morgan fingerprint density at radius 1 is 1.19 bits per heavy atom. The van der Waals surface area contributed by atoms with Crippen LogP contribution in [0.2, 0.25) is 5.02 Å². The SMILES string of the molecule is C[C@@H](CCCC(=O)O)c1ccc(Cl)c(CNC2(c3cnccc3-c3ccccc3OC3CC3)CC2)c1. The predicted octanol–water partition coefficient (Wildman–Crippen LogP) is 7.08. The fourth-order valence-electron chi connectivity index (χ4n) is 4.86. The van der Waals surface area contributed by atoms with Gasteiger partial charge in [-0.15, -0.1) is 0 Å². The predicted molar refractivity (Wildman–Crippen MR) is 142 cm³/mol. The Labute approximate surface area is 217 Å². The Bertz CT molecular complexity index is 1240. The molecule has 188 valence electrons. The number of pyridine rings is 1. The van der Waals surface area contributed by atoms with Crippen molar-refractivity contribution in [3.63, 3.8) is 0 Å². The number of nitrogens with one attached hydrogen (secondary N) is 1. The van der Waals surface area contributed by atoms with Crippen LogP contribution in [0.4, 0.5) is 0 Å². The third-order valence-corrected chi connectivity index (χ3v) is 7.73. The van der Waals surface area contributed by atoms with E-state index in [0.29, 0.717) is 19.1 Å². The molecule has 36 heavy (non-hydrogen) atoms. The minimum atomic E-state index is -0.741. The Morgan fingerprint density at radius 2 is 2.00 bits per heavy atom. The van der Waals surface area contributed by atoms with Crippen LogP contribution in [0.5, 0.6) is 5.75 Å². The van der Waals surface area contributed by atoms with Crippen molar-refractivity contribution in [2.45, 2.75) is 76.0 Å². The van der Waals surface area contributed by atoms with E-state index in [2.05, 4.69) is 53.6 Å². The second-order valence-corrected chi connectivity index (χ2v) is 10.6. The number of carboxylic acid groups (broad SMARTS) is 1. The van der Waals surface area contributed by atoms with Gasteiger partial charge in [-0.1, -0.05) is 48.9 Å². The molecule has 0 aliphatic heterocycles. The van der Waals surface area contributed by atoms with Gasteiger partial charge in [0.25, 0.3) is 0 Å². The zero-order valence-electron chi connectivity index (χ0n) is 20.7. The van der Waals surface area contributed by atoms with Crippen LogP contribution in [0.1, 0.15) is 74.5 Å². The summed E-state index contributed by atoms with van der Waals surface area (Å²) >= 11 is 6.60. The minimum absolute atomic E-state index is 0.136. The highest BCUT2D eigenvalue weighted by Crippen LogP contribution is 2.50. The number of benzene rings is 2. The Hall–Kier alpha value is -2.89. The van der Waals surface area contributed by atoms with Crippen molar-refractivity contribution in [2.75, 3.05) is 0 Å². The number of halogens is 1. The van der Waals surface area contributed by atoms with Crippen LogP contribution in [0.3, 0.4) is 0 Å². The van der Waals surface area contributed by atoms with Gasteiger partial charge in [0, 0.05) is 41.5 Å². The molecule has 2 fully saturated rings. The molecule has 2 aromatic carbocycles. The van der Waals surface area contributed by atoms with E-state index in [0.717, 1.165) is 59.6 Å². The summed E-state index contributed by atoms with van der Waals surface area (Å²) in [5, 5.41) is 13.5. The number of para-hydroxylation sites is 1. The third kappa shape index (κ3) is 5.74. The molecular formula is C30H33ClN2O3. The van der Waals surface area contributed by atoms with Crippen molar-refractivity contribution in [1.29, 1.82) is 0 Å². The second-order valence-electron chi connectivity index (χ2n) is 10.2. The normalized spacial score (nSPS) is 16.9. The summed E-state index contributed by atoms with van der Waals surface area (Å²) < 4.78 is 6.23. The number of rotatable bonds is 12. The van der Waals surface area contributed by atoms with Gasteiger partial charge in [-0.3, -0.25) is 9.78 Å². The van der Waals surface area contributed by atoms with Crippen LogP contribution >= 0.6 is 11.6 Å². The van der Waals surface area contributed by atoms with Crippen LogP contribution < -0.4 is 10.1 Å². The standard InChI is InChI=1S/C30H33ClN2O3/c1-20(5-4-8-29(34)35)21-9-12-27(31)22(17-21)18-33-30(14-15-30)26-19-32-16-13-24(26)25-6-2-3-7-28(25)36-23-10-11-23/h2-3,6-7,9,12-13,16-17,19-20,23,33H,4-5,8,10-11,14-15,18H2,1H3,(H,34,35)/t20-/m0/s1. The summed E-state index contributed by atoms with van der Waals surface area (Å²) in [5.41, 5.74) is 5.60. The molecule has 3 aromatic rings. The number of hydrogen-bond acceptors (Lipinski definition) is 4. The molecule has 5 nitrogen and oxygen atoms in total. The summed E-state index contributed by atoms with van der Waals surface area (Å²) in [5.74, 6) is 0.480. The lowest BCUT2D eigenvalue weighted by molar-refractivity contribution is -0.137. The van der Waals surface area contributed by atoms with Gasteiger partial charge in [-0.2, -0.15) is 0 Å². The number of aromatic nitrogens is 1. The van der Waals surface area contributed by atoms with E-state index < -0.39 is 5.97 Å². The molecule has 0 radical (unpaired) electrons. The summed E-state index contributed by atoms with van der Waals surface area (Å²) in [6, 6.07) is 16.6. The Morgan fingerprint density at radius 3 is 2.75 bits per heavy atom. The molecule has 0 bridgehead atoms. The van der Waals surface area contributed by atoms with E-state index >= 15 is 0 Å². The lowest BCUT2D eigenvalue weighted by Crippen LogP contribution is -2.29. The van der Waals surface area contributed by atoms with E-state index in [9.17, 15) is 4.79 Å². The van der Waals surface area contributed by atoms with Gasteiger partial charge in [0.1, 0.15) is 5.75 Å². The zero-order valence-corrected chi connectivity index (χ0v) is 21.4. The van der Waals surface area contributed by atoms with Gasteiger partial charge in [0.15, 0.2) is 0 Å². The fraction of sp³-hybridized carbons (Fsp3) is 0.400. The highest BCUT2D eigenvalue weighted by Gasteiger charge is 2.45. The van der Waals surface area contributed by atoms with Crippen LogP contribution in [0, 0.1) is 0 Å². The highest BCUT2D eigenvalue weighted by atomic mass is 35.5. The average molecular weight is 505 g/mol. The van der Waals surface area contributed by atoms with Crippen molar-refractivity contribution < 1.29 is 14.6 Å². The molecule has 5 rings (SSSR count). The molecule has 1 aromatic heterocycles. The van der Waals surface area contributed by atoms with Crippen molar-refractivity contribution in [2.24, 2.45) is 0 Å². The van der Waals surface area contributed by atoms with Crippen molar-refractivity contribution >= 4 is 17.6 Å². The molecule has 2 saturated carbocycles. The molecule has 0 saturated heterocycles. The summed E-state index contributed by atoms with van der Waals surface area (Å²) in [7, 11) is 0. The first-order valence-corrected chi connectivity index (χ1v) is 13.3. The molecule has 1 heterocycles. The molecule has 2 N–H and O–H groups in total. The summed E-state index contributed by atoms with van der Waals surface area (Å²) in [4.78, 5) is 15.3. The summed E-state index contributed by atoms with van der Waals surface area (Å²) in [6.45, 7) is 2.80. The minimum Gasteiger partial charge on any atom is -0.490 e. The van der Waals surface area contributed by atoms with Crippen LogP contribution in [0.25, 0.3) is 11.1 Å². The van der Waals surface area contributed by atoms with Crippen LogP contribution in [-0.2, 0) is 16.9 Å². The third-order valence-electron chi connectivity index (χ3n) is 7.37. The van der Waals surface area contributed by atoms with Gasteiger partial charge in [0.2, 0.25) is 0 Å². The smallest absolute Gasteiger partial charge is 0.303 e. The number of hydrogen-bond donors (Lipinski definition) is 2. The van der Waals surface area contributed by atoms with Crippen molar-refractivity contribution in [3.8, 4) is 16.9 Å². The number of ether oxygens (including phenoxy) is 1. The molecule has 2 aliphatic carbocycles. The Kier molecular flexibility index (Phi) is 7.31. The largest absolute Gasteiger partial charge is 0.490 e. The number of carboxylic acids is 1. The van der Waals surface area contributed by atoms with Gasteiger partial charge in [0.05, 0.1) is 6.10 Å². The zero-order chi connectivity index (χ0) is 25.1. The van der Waals surface area contributed by atoms with E-state index in [-0.39, 0.29) is 17.9 Å². The van der Waals surface area contributed by atoms with E-state index in [1.807, 2.05) is 24.5 Å². The topological polar surface area (TPSA) is 71.5 Å². The molecule has 0 spiro atoms. The second kappa shape index (κ2) is 10.6. The highest BCUT2D eigenvalue weighted by molar-refractivity contribution is 6.31. The van der Waals surface area contributed by atoms with Crippen LogP contribution in [-0.4, -0.2) is 22.2 Å². The quantitative estimate of drug-likeness (QED) is 0.276. The lowest BCUT2D eigenvalue weighted by Gasteiger charge is -2.23. The van der Waals surface area contributed by atoms with Crippen molar-refractivity contribution in [3.05, 3.63) is 82.6 Å². The number of carbonyl (C=O) groups is 1. The molecular weight excluding hydrogens is 472 g/mol. The summed E-state index contributed by atoms with van der Waals surface area (Å²) in [6.07, 6.45) is 10.2. The fourth-order valence-corrected chi connectivity index (χ4v) is 5.05. The molecule has 0 amide bonds. The maximum atomic E-state index is 10.9. The van der Waals surface area contributed by atoms with Gasteiger partial charge >= 0.3 is 5.97 Å². The first-order chi connectivity index (χ1) is 17.4. The van der Waals surface area contributed by atoms with Gasteiger partial charge < -0.3 is 15.2 Å². The Balaban J connectivity index is 1.34. The maximum Gasteiger partial charge on any atom is 0.303 e. The first-order valence-electron chi connectivity index (χ1n) is 12.9. The van der Waals surface area contributed by atoms with E-state index in [1.54, 1.807) is 0 Å². The molecule has 1 atom stereocenters. The van der Waals surface area contributed by atoms with E-state index in [4.69, 9.17) is 21.4 Å². The van der Waals surface area contributed by atoms with Crippen LogP contribution in [0.15, 0.2) is 60.9 Å². The van der Waals surface area contributed by atoms with Gasteiger partial charge in [-0.05, 0) is 84.9 Å². The monoisotopic (exact) mass is 504 g/mol.